The first-order valence-electron chi connectivity index (χ1n) is 5.45. The van der Waals surface area contributed by atoms with Gasteiger partial charge in [0, 0.05) is 12.4 Å². The molecule has 0 saturated carbocycles. The van der Waals surface area contributed by atoms with Gasteiger partial charge in [-0.25, -0.2) is 9.67 Å². The second-order valence-corrected chi connectivity index (χ2v) is 4.27. The number of aromatic nitrogens is 5. The summed E-state index contributed by atoms with van der Waals surface area (Å²) in [6.45, 7) is -0.542. The van der Waals surface area contributed by atoms with Gasteiger partial charge < -0.3 is 0 Å². The Hall–Kier alpha value is -1.50. The number of hydrogen-bond acceptors (Lipinski definition) is 3. The van der Waals surface area contributed by atoms with E-state index in [2.05, 4.69) is 15.3 Å². The molecule has 0 aromatic carbocycles. The fourth-order valence-electron chi connectivity index (χ4n) is 1.53. The quantitative estimate of drug-likeness (QED) is 0.788. The van der Waals surface area contributed by atoms with Crippen LogP contribution in [0.1, 0.15) is 36.8 Å². The lowest BCUT2D eigenvalue weighted by molar-refractivity contribution is 0.0665. The van der Waals surface area contributed by atoms with Crippen LogP contribution >= 0.6 is 11.6 Å². The Morgan fingerprint density at radius 3 is 2.89 bits per heavy atom. The maximum Gasteiger partial charge on any atom is 0.319 e. The molecule has 98 valence electrons. The van der Waals surface area contributed by atoms with E-state index in [9.17, 15) is 8.78 Å². The van der Waals surface area contributed by atoms with Crippen LogP contribution < -0.4 is 0 Å². The molecule has 2 heterocycles. The van der Waals surface area contributed by atoms with Crippen molar-refractivity contribution in [3.63, 3.8) is 0 Å². The minimum Gasteiger partial charge on any atom is -0.276 e. The summed E-state index contributed by atoms with van der Waals surface area (Å²) in [5.74, 6) is 0.226. The number of alkyl halides is 3. The average molecular weight is 276 g/mol. The van der Waals surface area contributed by atoms with Crippen LogP contribution in [-0.4, -0.2) is 24.5 Å². The van der Waals surface area contributed by atoms with Crippen molar-refractivity contribution in [2.75, 3.05) is 0 Å². The maximum atomic E-state index is 12.6. The topological polar surface area (TPSA) is 48.5 Å². The number of nitrogens with zero attached hydrogens (tertiary/aromatic N) is 5. The second-order valence-electron chi connectivity index (χ2n) is 3.75. The summed E-state index contributed by atoms with van der Waals surface area (Å²) in [5, 5.41) is 7.53. The minimum atomic E-state index is -2.61. The van der Waals surface area contributed by atoms with Gasteiger partial charge in [-0.15, -0.1) is 16.7 Å². The molecule has 0 radical (unpaired) electrons. The molecule has 0 bridgehead atoms. The van der Waals surface area contributed by atoms with Crippen molar-refractivity contribution in [3.05, 3.63) is 30.1 Å². The van der Waals surface area contributed by atoms with Crippen molar-refractivity contribution in [1.82, 2.24) is 24.5 Å². The molecule has 2 rings (SSSR count). The number of hydrogen-bond donors (Lipinski definition) is 0. The van der Waals surface area contributed by atoms with Crippen LogP contribution in [0.25, 0.3) is 0 Å². The molecule has 0 spiro atoms. The summed E-state index contributed by atoms with van der Waals surface area (Å²) in [4.78, 5) is 3.87. The smallest absolute Gasteiger partial charge is 0.276 e. The zero-order valence-corrected chi connectivity index (χ0v) is 10.4. The fourth-order valence-corrected chi connectivity index (χ4v) is 1.63. The molecule has 1 atom stereocenters. The van der Waals surface area contributed by atoms with Gasteiger partial charge in [-0.2, -0.15) is 8.78 Å². The Kier molecular flexibility index (Phi) is 3.90. The average Bonchev–Trinajstić information content (AvgIpc) is 2.97. The van der Waals surface area contributed by atoms with Gasteiger partial charge in [0.2, 0.25) is 0 Å². The van der Waals surface area contributed by atoms with Crippen molar-refractivity contribution in [1.29, 1.82) is 0 Å². The largest absolute Gasteiger partial charge is 0.319 e. The highest BCUT2D eigenvalue weighted by Gasteiger charge is 2.14. The van der Waals surface area contributed by atoms with E-state index in [-0.39, 0.29) is 17.7 Å². The van der Waals surface area contributed by atoms with E-state index in [1.807, 2.05) is 6.92 Å². The Morgan fingerprint density at radius 1 is 1.44 bits per heavy atom. The zero-order chi connectivity index (χ0) is 13.1. The summed E-state index contributed by atoms with van der Waals surface area (Å²) in [5.41, 5.74) is 0.634. The van der Waals surface area contributed by atoms with E-state index in [0.29, 0.717) is 5.69 Å². The minimum absolute atomic E-state index is 0.137. The maximum absolute atomic E-state index is 12.6. The van der Waals surface area contributed by atoms with Gasteiger partial charge in [0.1, 0.15) is 18.1 Å². The van der Waals surface area contributed by atoms with E-state index in [0.717, 1.165) is 11.0 Å². The number of imidazole rings is 1. The van der Waals surface area contributed by atoms with Crippen LogP contribution in [0.3, 0.4) is 0 Å². The van der Waals surface area contributed by atoms with Gasteiger partial charge in [-0.1, -0.05) is 12.1 Å². The SMILES string of the molecule is CCC(Cl)c1cn(Cc2nccn2C(F)F)nn1. The summed E-state index contributed by atoms with van der Waals surface area (Å²) >= 11 is 6.01. The van der Waals surface area contributed by atoms with E-state index in [4.69, 9.17) is 11.6 Å². The van der Waals surface area contributed by atoms with E-state index in [1.165, 1.54) is 17.1 Å². The van der Waals surface area contributed by atoms with E-state index in [1.54, 1.807) is 6.20 Å². The predicted octanol–water partition coefficient (Wildman–Crippen LogP) is 2.61. The fraction of sp³-hybridized carbons (Fsp3) is 0.500. The third-order valence-electron chi connectivity index (χ3n) is 2.50. The molecule has 8 heteroatoms. The van der Waals surface area contributed by atoms with Crippen LogP contribution in [0.5, 0.6) is 0 Å². The van der Waals surface area contributed by atoms with Gasteiger partial charge >= 0.3 is 6.55 Å². The normalized spacial score (nSPS) is 13.2. The first kappa shape index (κ1) is 12.9. The Morgan fingerprint density at radius 2 is 2.22 bits per heavy atom. The molecule has 5 nitrogen and oxygen atoms in total. The molecule has 2 aromatic rings. The second kappa shape index (κ2) is 5.43. The third-order valence-corrected chi connectivity index (χ3v) is 3.03. The van der Waals surface area contributed by atoms with Crippen molar-refractivity contribution >= 4 is 11.6 Å². The molecule has 0 amide bonds. The van der Waals surface area contributed by atoms with Crippen LogP contribution in [0.15, 0.2) is 18.6 Å². The monoisotopic (exact) mass is 275 g/mol. The summed E-state index contributed by atoms with van der Waals surface area (Å²) in [7, 11) is 0. The van der Waals surface area contributed by atoms with Gasteiger partial charge in [0.05, 0.1) is 11.6 Å². The van der Waals surface area contributed by atoms with Crippen molar-refractivity contribution in [2.24, 2.45) is 0 Å². The number of halogens is 3. The highest BCUT2D eigenvalue weighted by molar-refractivity contribution is 6.20. The van der Waals surface area contributed by atoms with Crippen molar-refractivity contribution in [2.45, 2.75) is 31.8 Å². The first-order valence-corrected chi connectivity index (χ1v) is 5.89. The van der Waals surface area contributed by atoms with E-state index >= 15 is 0 Å². The van der Waals surface area contributed by atoms with E-state index < -0.39 is 6.55 Å². The lowest BCUT2D eigenvalue weighted by Crippen LogP contribution is -2.09. The molecule has 1 unspecified atom stereocenters. The molecular weight excluding hydrogens is 264 g/mol. The summed E-state index contributed by atoms with van der Waals surface area (Å²) in [6.07, 6.45) is 4.93. The number of rotatable bonds is 5. The van der Waals surface area contributed by atoms with Crippen molar-refractivity contribution in [3.8, 4) is 0 Å². The van der Waals surface area contributed by atoms with Gasteiger partial charge in [0.15, 0.2) is 0 Å². The summed E-state index contributed by atoms with van der Waals surface area (Å²) < 4.78 is 27.5. The molecule has 0 N–H and O–H groups in total. The van der Waals surface area contributed by atoms with Crippen LogP contribution in [0.2, 0.25) is 0 Å². The zero-order valence-electron chi connectivity index (χ0n) is 9.67. The van der Waals surface area contributed by atoms with Crippen LogP contribution in [0.4, 0.5) is 8.78 Å². The highest BCUT2D eigenvalue weighted by Crippen LogP contribution is 2.21. The molecule has 0 aliphatic carbocycles. The molecule has 0 fully saturated rings. The third kappa shape index (κ3) is 2.66. The van der Waals surface area contributed by atoms with Crippen LogP contribution in [0, 0.1) is 0 Å². The van der Waals surface area contributed by atoms with Gasteiger partial charge in [-0.3, -0.25) is 4.57 Å². The summed E-state index contributed by atoms with van der Waals surface area (Å²) in [6, 6.07) is 0. The molecule has 0 aliphatic rings. The standard InChI is InChI=1S/C10H12ClF2N5/c1-2-7(11)8-5-17(16-15-8)6-9-14-3-4-18(9)10(12)13/h3-5,7,10H,2,6H2,1H3. The lowest BCUT2D eigenvalue weighted by Gasteiger charge is -2.05. The molecule has 0 saturated heterocycles. The van der Waals surface area contributed by atoms with Gasteiger partial charge in [0.25, 0.3) is 0 Å². The van der Waals surface area contributed by atoms with Crippen molar-refractivity contribution < 1.29 is 8.78 Å². The Bertz CT molecular complexity index is 510. The predicted molar refractivity (Wildman–Crippen MR) is 61.5 cm³/mol. The molecule has 2 aromatic heterocycles. The van der Waals surface area contributed by atoms with Crippen LogP contribution in [-0.2, 0) is 6.54 Å². The Balaban J connectivity index is 2.14. The molecular formula is C10H12ClF2N5. The highest BCUT2D eigenvalue weighted by atomic mass is 35.5. The lowest BCUT2D eigenvalue weighted by atomic mass is 10.3. The van der Waals surface area contributed by atoms with Gasteiger partial charge in [-0.05, 0) is 6.42 Å². The molecule has 18 heavy (non-hydrogen) atoms. The Labute approximate surface area is 107 Å². The molecule has 0 aliphatic heterocycles. The first-order chi connectivity index (χ1) is 8.61.